The van der Waals surface area contributed by atoms with Gasteiger partial charge in [-0.1, -0.05) is 42.3 Å². The number of fused-ring (bicyclic) bond motifs is 2. The monoisotopic (exact) mass is 607 g/mol. The largest absolute Gasteiger partial charge is 2.00 e. The molecule has 3 radical (unpaired) electrons. The van der Waals surface area contributed by atoms with Crippen LogP contribution in [0.4, 0.5) is 4.39 Å². The van der Waals surface area contributed by atoms with Gasteiger partial charge in [0.1, 0.15) is 0 Å². The quantitative estimate of drug-likeness (QED) is 0.382. The number of hydrogen-bond donors (Lipinski definition) is 0. The van der Waals surface area contributed by atoms with Gasteiger partial charge in [-0.3, -0.25) is 0 Å². The van der Waals surface area contributed by atoms with Gasteiger partial charge in [-0.15, -0.1) is 12.1 Å². The third kappa shape index (κ3) is 5.69. The van der Waals surface area contributed by atoms with Crippen LogP contribution in [-0.2, 0) is 20.5 Å². The van der Waals surface area contributed by atoms with Crippen LogP contribution in [0.25, 0.3) is 0 Å². The molecule has 0 aromatic heterocycles. The fraction of sp³-hybridized carbons (Fsp3) is 0.333. The first-order chi connectivity index (χ1) is 12.6. The van der Waals surface area contributed by atoms with Gasteiger partial charge in [0.15, 0.2) is 0 Å². The van der Waals surface area contributed by atoms with E-state index in [0.29, 0.717) is 13.0 Å². The van der Waals surface area contributed by atoms with Crippen molar-refractivity contribution in [1.82, 2.24) is 0 Å². The van der Waals surface area contributed by atoms with Crippen molar-refractivity contribution in [1.29, 1.82) is 0 Å². The molecule has 1 heterocycles. The van der Waals surface area contributed by atoms with E-state index in [1.165, 1.54) is 0 Å². The van der Waals surface area contributed by atoms with Gasteiger partial charge in [0.2, 0.25) is 10.5 Å². The SMILES string of the molecule is FC1C[C@@]2(CO[Si])O[CH-][C@H]1[C@H]2OCc1ccccc1.[CH2-]c1ccccc1.[U+2]. The molecule has 4 atom stereocenters. The molecule has 2 aromatic carbocycles. The summed E-state index contributed by atoms with van der Waals surface area (Å²) >= 11 is 0. The summed E-state index contributed by atoms with van der Waals surface area (Å²) in [6.07, 6.45) is -0.895. The van der Waals surface area contributed by atoms with E-state index < -0.39 is 11.8 Å². The molecule has 2 fully saturated rings. The molecule has 1 aliphatic carbocycles. The Hall–Kier alpha value is -0.611. The van der Waals surface area contributed by atoms with Crippen LogP contribution in [0.15, 0.2) is 60.7 Å². The molecular weight excluding hydrogens is 585 g/mol. The molecule has 6 heteroatoms. The maximum Gasteiger partial charge on any atom is 2.00 e. The zero-order chi connectivity index (χ0) is 18.4. The van der Waals surface area contributed by atoms with Gasteiger partial charge in [-0.05, 0) is 5.56 Å². The van der Waals surface area contributed by atoms with E-state index in [1.54, 1.807) is 6.61 Å². The summed E-state index contributed by atoms with van der Waals surface area (Å²) in [5.41, 5.74) is 1.45. The van der Waals surface area contributed by atoms with E-state index in [2.05, 4.69) is 17.4 Å². The van der Waals surface area contributed by atoms with Gasteiger partial charge < -0.3 is 13.9 Å². The second-order valence-corrected chi connectivity index (χ2v) is 6.90. The first-order valence-corrected chi connectivity index (χ1v) is 9.02. The average molecular weight is 608 g/mol. The minimum Gasteiger partial charge on any atom is -0.543 e. The molecule has 2 aliphatic rings. The molecule has 1 aliphatic heterocycles. The summed E-state index contributed by atoms with van der Waals surface area (Å²) < 4.78 is 30.4. The van der Waals surface area contributed by atoms with Crippen LogP contribution in [-0.4, -0.2) is 35.0 Å². The number of halogens is 1. The fourth-order valence-corrected chi connectivity index (χ4v) is 3.65. The summed E-state index contributed by atoms with van der Waals surface area (Å²) in [6.45, 7) is 6.01. The molecule has 0 amide bonds. The molecule has 1 saturated carbocycles. The predicted molar refractivity (Wildman–Crippen MR) is 98.7 cm³/mol. The van der Waals surface area contributed by atoms with E-state index in [0.717, 1.165) is 11.1 Å². The van der Waals surface area contributed by atoms with Gasteiger partial charge >= 0.3 is 31.1 Å². The van der Waals surface area contributed by atoms with Crippen molar-refractivity contribution in [3.63, 3.8) is 0 Å². The first-order valence-electron chi connectivity index (χ1n) is 8.61. The van der Waals surface area contributed by atoms with Crippen LogP contribution < -0.4 is 0 Å². The van der Waals surface area contributed by atoms with Crippen molar-refractivity contribution < 1.29 is 49.4 Å². The fourth-order valence-electron chi connectivity index (χ4n) is 3.41. The molecule has 3 nitrogen and oxygen atoms in total. The van der Waals surface area contributed by atoms with E-state index in [1.807, 2.05) is 60.7 Å². The Morgan fingerprint density at radius 1 is 1.15 bits per heavy atom. The van der Waals surface area contributed by atoms with Gasteiger partial charge in [-0.2, -0.15) is 24.6 Å². The summed E-state index contributed by atoms with van der Waals surface area (Å²) in [5.74, 6) is -0.300. The molecule has 2 bridgehead atoms. The van der Waals surface area contributed by atoms with E-state index in [-0.39, 0.29) is 49.7 Å². The molecule has 1 saturated heterocycles. The van der Waals surface area contributed by atoms with E-state index in [9.17, 15) is 4.39 Å². The summed E-state index contributed by atoms with van der Waals surface area (Å²) in [5, 5.41) is 0. The Kier molecular flexibility index (Phi) is 9.07. The molecule has 0 spiro atoms. The summed E-state index contributed by atoms with van der Waals surface area (Å²) in [4.78, 5) is 0. The maximum absolute atomic E-state index is 13.9. The van der Waals surface area contributed by atoms with Crippen LogP contribution in [0.1, 0.15) is 17.5 Å². The van der Waals surface area contributed by atoms with Crippen molar-refractivity contribution >= 4 is 10.5 Å². The van der Waals surface area contributed by atoms with Crippen molar-refractivity contribution in [3.8, 4) is 0 Å². The summed E-state index contributed by atoms with van der Waals surface area (Å²) in [6, 6.07) is 19.7. The van der Waals surface area contributed by atoms with Crippen molar-refractivity contribution in [2.45, 2.75) is 30.9 Å². The Labute approximate surface area is 187 Å². The smallest absolute Gasteiger partial charge is 0.543 e. The van der Waals surface area contributed by atoms with Crippen molar-refractivity contribution in [2.75, 3.05) is 6.61 Å². The van der Waals surface area contributed by atoms with Crippen LogP contribution in [0.2, 0.25) is 0 Å². The molecule has 0 N–H and O–H groups in total. The molecule has 4 rings (SSSR count). The molecule has 27 heavy (non-hydrogen) atoms. The number of rotatable bonds is 5. The third-order valence-electron chi connectivity index (χ3n) is 4.72. The minimum atomic E-state index is -0.920. The normalized spacial score (nSPS) is 28.1. The van der Waals surface area contributed by atoms with Crippen LogP contribution in [0.3, 0.4) is 0 Å². The molecular formula is C21H22FO3SiU. The van der Waals surface area contributed by atoms with Crippen LogP contribution >= 0.6 is 0 Å². The van der Waals surface area contributed by atoms with Gasteiger partial charge in [0.05, 0.1) is 31.1 Å². The number of hydrogen-bond acceptors (Lipinski definition) is 3. The van der Waals surface area contributed by atoms with E-state index >= 15 is 0 Å². The standard InChI is InChI=1S/C14H15FO3Si.C7H7.U/c15-12-6-14(9-18-19)13(11(12)8-17-14)16-7-10-4-2-1-3-5-10;1-7-5-3-2-4-6-7;/h1-5,8,11-13H,6-7,9H2;2-6H,1H2;/q2*-1;+2/t11-,12?,13-,14+;;/m1../s1. The Balaban J connectivity index is 0.000000278. The van der Waals surface area contributed by atoms with Crippen molar-refractivity contribution in [3.05, 3.63) is 85.3 Å². The minimum absolute atomic E-state index is 0. The topological polar surface area (TPSA) is 27.7 Å². The number of ether oxygens (including phenoxy) is 2. The zero-order valence-electron chi connectivity index (χ0n) is 15.0. The van der Waals surface area contributed by atoms with Gasteiger partial charge in [0.25, 0.3) is 0 Å². The van der Waals surface area contributed by atoms with E-state index in [4.69, 9.17) is 13.9 Å². The second-order valence-electron chi connectivity index (χ2n) is 6.61. The third-order valence-corrected chi connectivity index (χ3v) is 4.86. The van der Waals surface area contributed by atoms with Crippen LogP contribution in [0, 0.1) is 50.6 Å². The number of benzene rings is 2. The maximum atomic E-state index is 13.9. The zero-order valence-corrected chi connectivity index (χ0v) is 20.2. The predicted octanol–water partition coefficient (Wildman–Crippen LogP) is 3.83. The Morgan fingerprint density at radius 2 is 1.78 bits per heavy atom. The first kappa shape index (κ1) is 22.7. The molecule has 139 valence electrons. The summed E-state index contributed by atoms with van der Waals surface area (Å²) in [7, 11) is 2.97. The Morgan fingerprint density at radius 3 is 2.30 bits per heavy atom. The van der Waals surface area contributed by atoms with Crippen molar-refractivity contribution in [2.24, 2.45) is 5.92 Å². The molecule has 1 unspecified atom stereocenters. The second kappa shape index (κ2) is 10.8. The van der Waals surface area contributed by atoms with Gasteiger partial charge in [0, 0.05) is 6.42 Å². The van der Waals surface area contributed by atoms with Crippen LogP contribution in [0.5, 0.6) is 0 Å². The van der Waals surface area contributed by atoms with Gasteiger partial charge in [-0.25, -0.2) is 11.0 Å². The Bertz CT molecular complexity index is 676. The average Bonchev–Trinajstić information content (AvgIpc) is 3.12. The number of alkyl halides is 1. The molecule has 2 aromatic rings.